The van der Waals surface area contributed by atoms with Gasteiger partial charge in [-0.25, -0.2) is 4.79 Å². The van der Waals surface area contributed by atoms with Gasteiger partial charge in [0.15, 0.2) is 0 Å². The Morgan fingerprint density at radius 2 is 1.83 bits per heavy atom. The number of hydrogen-bond acceptors (Lipinski definition) is 2. The average Bonchev–Trinajstić information content (AvgIpc) is 2.75. The summed E-state index contributed by atoms with van der Waals surface area (Å²) in [4.78, 5) is 11.9. The van der Waals surface area contributed by atoms with Gasteiger partial charge in [0.2, 0.25) is 0 Å². The number of methoxy groups -OCH3 is 1. The third-order valence-corrected chi connectivity index (χ3v) is 3.91. The van der Waals surface area contributed by atoms with Crippen LogP contribution in [0.5, 0.6) is 0 Å². The van der Waals surface area contributed by atoms with Crippen LogP contribution in [0.15, 0.2) is 12.2 Å². The number of carbonyl (C=O) groups excluding carboxylic acids is 1. The molecule has 2 aliphatic carbocycles. The molecule has 0 aliphatic heterocycles. The van der Waals surface area contributed by atoms with Crippen molar-refractivity contribution in [3.8, 4) is 0 Å². The highest BCUT2D eigenvalue weighted by molar-refractivity contribution is 5.74. The van der Waals surface area contributed by atoms with Crippen molar-refractivity contribution in [2.45, 2.75) is 63.1 Å². The molecule has 0 aromatic rings. The fourth-order valence-electron chi connectivity index (χ4n) is 2.85. The second kappa shape index (κ2) is 6.78. The second-order valence-corrected chi connectivity index (χ2v) is 5.28. The molecule has 0 aromatic heterocycles. The van der Waals surface area contributed by atoms with Crippen molar-refractivity contribution in [3.63, 3.8) is 0 Å². The molecule has 2 aliphatic rings. The molecule has 0 saturated heterocycles. The lowest BCUT2D eigenvalue weighted by molar-refractivity contribution is 0.0659. The lowest BCUT2D eigenvalue weighted by Crippen LogP contribution is -2.50. The van der Waals surface area contributed by atoms with E-state index in [-0.39, 0.29) is 24.2 Å². The van der Waals surface area contributed by atoms with Crippen LogP contribution < -0.4 is 10.6 Å². The molecule has 2 N–H and O–H groups in total. The molecule has 18 heavy (non-hydrogen) atoms. The third kappa shape index (κ3) is 3.73. The van der Waals surface area contributed by atoms with Crippen molar-refractivity contribution >= 4 is 6.03 Å². The van der Waals surface area contributed by atoms with E-state index in [9.17, 15) is 4.79 Å². The van der Waals surface area contributed by atoms with Crippen molar-refractivity contribution in [1.82, 2.24) is 10.6 Å². The number of nitrogens with one attached hydrogen (secondary N) is 2. The zero-order chi connectivity index (χ0) is 12.8. The first-order chi connectivity index (χ1) is 8.79. The van der Waals surface area contributed by atoms with E-state index in [0.717, 1.165) is 25.7 Å². The number of hydrogen-bond donors (Lipinski definition) is 2. The summed E-state index contributed by atoms with van der Waals surface area (Å²) in [6.07, 6.45) is 12.0. The summed E-state index contributed by atoms with van der Waals surface area (Å²) in [5.74, 6) is 0. The SMILES string of the molecule is COC1CCCCCC1NC(=O)NC1CC=CC1. The number of ether oxygens (including phenoxy) is 1. The highest BCUT2D eigenvalue weighted by Gasteiger charge is 2.25. The van der Waals surface area contributed by atoms with Crippen molar-refractivity contribution < 1.29 is 9.53 Å². The Labute approximate surface area is 109 Å². The van der Waals surface area contributed by atoms with Gasteiger partial charge in [-0.2, -0.15) is 0 Å². The van der Waals surface area contributed by atoms with Gasteiger partial charge in [-0.1, -0.05) is 31.4 Å². The Hall–Kier alpha value is -1.03. The fourth-order valence-corrected chi connectivity index (χ4v) is 2.85. The van der Waals surface area contributed by atoms with Crippen LogP contribution in [0, 0.1) is 0 Å². The molecule has 1 fully saturated rings. The van der Waals surface area contributed by atoms with Crippen LogP contribution in [-0.2, 0) is 4.74 Å². The summed E-state index contributed by atoms with van der Waals surface area (Å²) in [7, 11) is 1.74. The van der Waals surface area contributed by atoms with Crippen LogP contribution in [0.2, 0.25) is 0 Å². The number of rotatable bonds is 3. The maximum absolute atomic E-state index is 11.9. The summed E-state index contributed by atoms with van der Waals surface area (Å²) in [6.45, 7) is 0. The second-order valence-electron chi connectivity index (χ2n) is 5.28. The van der Waals surface area contributed by atoms with E-state index in [1.165, 1.54) is 19.3 Å². The number of amides is 2. The summed E-state index contributed by atoms with van der Waals surface area (Å²) in [5.41, 5.74) is 0. The van der Waals surface area contributed by atoms with E-state index < -0.39 is 0 Å². The van der Waals surface area contributed by atoms with Gasteiger partial charge in [-0.3, -0.25) is 0 Å². The van der Waals surface area contributed by atoms with E-state index in [2.05, 4.69) is 22.8 Å². The lowest BCUT2D eigenvalue weighted by atomic mass is 10.1. The van der Waals surface area contributed by atoms with E-state index >= 15 is 0 Å². The van der Waals surface area contributed by atoms with Crippen molar-refractivity contribution in [2.75, 3.05) is 7.11 Å². The van der Waals surface area contributed by atoms with E-state index in [0.29, 0.717) is 0 Å². The molecule has 4 nitrogen and oxygen atoms in total. The van der Waals surface area contributed by atoms with Crippen LogP contribution >= 0.6 is 0 Å². The van der Waals surface area contributed by atoms with Crippen molar-refractivity contribution in [1.29, 1.82) is 0 Å². The van der Waals surface area contributed by atoms with Gasteiger partial charge in [-0.15, -0.1) is 0 Å². The summed E-state index contributed by atoms with van der Waals surface area (Å²) < 4.78 is 5.50. The van der Waals surface area contributed by atoms with Crippen LogP contribution in [0.1, 0.15) is 44.9 Å². The molecule has 2 amide bonds. The minimum absolute atomic E-state index is 0.0438. The molecular weight excluding hydrogens is 228 g/mol. The van der Waals surface area contributed by atoms with Gasteiger partial charge in [0.25, 0.3) is 0 Å². The van der Waals surface area contributed by atoms with E-state index in [4.69, 9.17) is 4.74 Å². The van der Waals surface area contributed by atoms with Gasteiger partial charge in [-0.05, 0) is 25.7 Å². The van der Waals surface area contributed by atoms with Gasteiger partial charge < -0.3 is 15.4 Å². The minimum atomic E-state index is -0.0438. The quantitative estimate of drug-likeness (QED) is 0.598. The van der Waals surface area contributed by atoms with Gasteiger partial charge in [0.1, 0.15) is 0 Å². The van der Waals surface area contributed by atoms with Crippen LogP contribution in [0.25, 0.3) is 0 Å². The molecule has 1 saturated carbocycles. The summed E-state index contributed by atoms with van der Waals surface area (Å²) in [5, 5.41) is 6.11. The molecule has 0 heterocycles. The Balaban J connectivity index is 1.79. The predicted molar refractivity (Wildman–Crippen MR) is 71.5 cm³/mol. The molecule has 2 atom stereocenters. The van der Waals surface area contributed by atoms with Gasteiger partial charge in [0, 0.05) is 13.2 Å². The topological polar surface area (TPSA) is 50.4 Å². The number of carbonyl (C=O) groups is 1. The summed E-state index contributed by atoms with van der Waals surface area (Å²) in [6, 6.07) is 0.390. The molecule has 4 heteroatoms. The molecular formula is C14H24N2O2. The first-order valence-electron chi connectivity index (χ1n) is 7.04. The molecule has 102 valence electrons. The standard InChI is InChI=1S/C14H24N2O2/c1-18-13-10-4-2-3-9-12(13)16-14(17)15-11-7-5-6-8-11/h5-6,11-13H,2-4,7-10H2,1H3,(H2,15,16,17). The van der Waals surface area contributed by atoms with Crippen molar-refractivity contribution in [3.05, 3.63) is 12.2 Å². The molecule has 0 radical (unpaired) electrons. The Kier molecular flexibility index (Phi) is 5.05. The normalized spacial score (nSPS) is 28.9. The van der Waals surface area contributed by atoms with Crippen LogP contribution in [0.3, 0.4) is 0 Å². The zero-order valence-corrected chi connectivity index (χ0v) is 11.2. The first kappa shape index (κ1) is 13.4. The fraction of sp³-hybridized carbons (Fsp3) is 0.786. The maximum Gasteiger partial charge on any atom is 0.315 e. The molecule has 0 spiro atoms. The highest BCUT2D eigenvalue weighted by atomic mass is 16.5. The Morgan fingerprint density at radius 3 is 2.56 bits per heavy atom. The van der Waals surface area contributed by atoms with Crippen molar-refractivity contribution in [2.24, 2.45) is 0 Å². The zero-order valence-electron chi connectivity index (χ0n) is 11.2. The molecule has 0 aromatic carbocycles. The first-order valence-corrected chi connectivity index (χ1v) is 7.04. The minimum Gasteiger partial charge on any atom is -0.379 e. The van der Waals surface area contributed by atoms with Crippen LogP contribution in [0.4, 0.5) is 4.79 Å². The van der Waals surface area contributed by atoms with Crippen LogP contribution in [-0.4, -0.2) is 31.3 Å². The predicted octanol–water partition coefficient (Wildman–Crippen LogP) is 2.35. The molecule has 2 unspecified atom stereocenters. The van der Waals surface area contributed by atoms with Gasteiger partial charge in [0.05, 0.1) is 12.1 Å². The molecule has 0 bridgehead atoms. The average molecular weight is 252 g/mol. The largest absolute Gasteiger partial charge is 0.379 e. The highest BCUT2D eigenvalue weighted by Crippen LogP contribution is 2.20. The van der Waals surface area contributed by atoms with Gasteiger partial charge >= 0.3 is 6.03 Å². The summed E-state index contributed by atoms with van der Waals surface area (Å²) >= 11 is 0. The third-order valence-electron chi connectivity index (χ3n) is 3.91. The monoisotopic (exact) mass is 252 g/mol. The number of urea groups is 1. The molecule has 2 rings (SSSR count). The van der Waals surface area contributed by atoms with E-state index in [1.54, 1.807) is 7.11 Å². The van der Waals surface area contributed by atoms with E-state index in [1.807, 2.05) is 0 Å². The smallest absolute Gasteiger partial charge is 0.315 e. The lowest BCUT2D eigenvalue weighted by Gasteiger charge is -2.25. The Bertz CT molecular complexity index is 296. The Morgan fingerprint density at radius 1 is 1.11 bits per heavy atom. The maximum atomic E-state index is 11.9.